The lowest BCUT2D eigenvalue weighted by Gasteiger charge is -2.22. The average Bonchev–Trinajstić information content (AvgIpc) is 2.73. The lowest BCUT2D eigenvalue weighted by molar-refractivity contribution is -0.120. The molecule has 0 fully saturated rings. The van der Waals surface area contributed by atoms with Crippen molar-refractivity contribution in [1.29, 1.82) is 0 Å². The number of carbonyl (C=O) groups is 1. The summed E-state index contributed by atoms with van der Waals surface area (Å²) in [5.41, 5.74) is 7.99. The Morgan fingerprint density at radius 2 is 1.73 bits per heavy atom. The maximum Gasteiger partial charge on any atom is 0.225 e. The number of nitrogens with one attached hydrogen (secondary N) is 1. The van der Waals surface area contributed by atoms with Crippen molar-refractivity contribution in [3.63, 3.8) is 0 Å². The number of carbonyl (C=O) groups excluding carboxylic acids is 1. The summed E-state index contributed by atoms with van der Waals surface area (Å²) in [6, 6.07) is 22.1. The molecule has 0 bridgehead atoms. The molecule has 4 heteroatoms. The van der Waals surface area contributed by atoms with Gasteiger partial charge in [-0.3, -0.25) is 9.78 Å². The van der Waals surface area contributed by atoms with Gasteiger partial charge in [-0.15, -0.1) is 0 Å². The van der Waals surface area contributed by atoms with Gasteiger partial charge >= 0.3 is 0 Å². The number of benzene rings is 3. The van der Waals surface area contributed by atoms with E-state index in [1.165, 1.54) is 11.1 Å². The summed E-state index contributed by atoms with van der Waals surface area (Å²) in [4.78, 5) is 21.9. The third-order valence-electron chi connectivity index (χ3n) is 5.27. The summed E-state index contributed by atoms with van der Waals surface area (Å²) < 4.78 is 0. The topological polar surface area (TPSA) is 54.9 Å². The molecule has 0 saturated heterocycles. The number of nitrogens with zero attached hydrogens (tertiary/aromatic N) is 2. The molecule has 0 aliphatic carbocycles. The summed E-state index contributed by atoms with van der Waals surface area (Å²) in [6.45, 7) is 6.09. The van der Waals surface area contributed by atoms with Gasteiger partial charge in [-0.25, -0.2) is 4.98 Å². The van der Waals surface area contributed by atoms with Gasteiger partial charge in [-0.05, 0) is 55.2 Å². The van der Waals surface area contributed by atoms with Crippen LogP contribution in [0.4, 0.5) is 0 Å². The molecule has 150 valence electrons. The van der Waals surface area contributed by atoms with E-state index in [0.29, 0.717) is 6.42 Å². The van der Waals surface area contributed by atoms with E-state index in [9.17, 15) is 4.79 Å². The molecule has 30 heavy (non-hydrogen) atoms. The third-order valence-corrected chi connectivity index (χ3v) is 5.27. The zero-order chi connectivity index (χ0) is 21.1. The van der Waals surface area contributed by atoms with Gasteiger partial charge in [0.1, 0.15) is 0 Å². The Morgan fingerprint density at radius 3 is 2.50 bits per heavy atom. The van der Waals surface area contributed by atoms with Crippen LogP contribution in [0.2, 0.25) is 0 Å². The second-order valence-electron chi connectivity index (χ2n) is 7.78. The molecule has 4 nitrogen and oxygen atoms in total. The van der Waals surface area contributed by atoms with Crippen molar-refractivity contribution in [1.82, 2.24) is 15.3 Å². The summed E-state index contributed by atoms with van der Waals surface area (Å²) in [5, 5.41) is 3.24. The maximum absolute atomic E-state index is 13.0. The maximum atomic E-state index is 13.0. The lowest BCUT2D eigenvalue weighted by atomic mass is 9.93. The molecule has 3 aromatic carbocycles. The molecule has 1 amide bonds. The highest BCUT2D eigenvalue weighted by atomic mass is 16.1. The predicted octanol–water partition coefficient (Wildman–Crippen LogP) is 5.00. The lowest BCUT2D eigenvalue weighted by Crippen LogP contribution is -2.31. The van der Waals surface area contributed by atoms with Crippen LogP contribution in [-0.2, 0) is 11.2 Å². The largest absolute Gasteiger partial charge is 0.345 e. The number of fused-ring (bicyclic) bond motifs is 1. The molecule has 1 N–H and O–H groups in total. The van der Waals surface area contributed by atoms with E-state index in [1.54, 1.807) is 6.20 Å². The molecule has 4 aromatic rings. The van der Waals surface area contributed by atoms with Crippen LogP contribution in [-0.4, -0.2) is 15.9 Å². The van der Waals surface area contributed by atoms with Crippen LogP contribution in [0.25, 0.3) is 11.0 Å². The van der Waals surface area contributed by atoms with Gasteiger partial charge in [0.05, 0.1) is 29.2 Å². The van der Waals surface area contributed by atoms with Gasteiger partial charge in [0.2, 0.25) is 5.91 Å². The fourth-order valence-electron chi connectivity index (χ4n) is 3.79. The fraction of sp³-hybridized carbons (Fsp3) is 0.192. The van der Waals surface area contributed by atoms with E-state index >= 15 is 0 Å². The second-order valence-corrected chi connectivity index (χ2v) is 7.78. The molecule has 1 heterocycles. The molecule has 1 aromatic heterocycles. The van der Waals surface area contributed by atoms with Crippen LogP contribution < -0.4 is 5.32 Å². The molecule has 0 radical (unpaired) electrons. The number of rotatable bonds is 5. The fourth-order valence-corrected chi connectivity index (χ4v) is 3.79. The summed E-state index contributed by atoms with van der Waals surface area (Å²) in [6.07, 6.45) is 2.04. The molecule has 0 aliphatic heterocycles. The van der Waals surface area contributed by atoms with E-state index in [2.05, 4.69) is 59.5 Å². The zero-order valence-corrected chi connectivity index (χ0v) is 17.5. The minimum absolute atomic E-state index is 0.0243. The van der Waals surface area contributed by atoms with E-state index in [-0.39, 0.29) is 11.9 Å². The number of aromatic nitrogens is 2. The second kappa shape index (κ2) is 8.46. The van der Waals surface area contributed by atoms with E-state index in [0.717, 1.165) is 33.4 Å². The van der Waals surface area contributed by atoms with Crippen molar-refractivity contribution in [2.75, 3.05) is 0 Å². The number of hydrogen-bond donors (Lipinski definition) is 1. The van der Waals surface area contributed by atoms with Crippen LogP contribution in [0.15, 0.2) is 72.9 Å². The number of aryl methyl sites for hydroxylation is 3. The van der Waals surface area contributed by atoms with Crippen molar-refractivity contribution < 1.29 is 4.79 Å². The van der Waals surface area contributed by atoms with E-state index in [4.69, 9.17) is 0 Å². The predicted molar refractivity (Wildman–Crippen MR) is 120 cm³/mol. The van der Waals surface area contributed by atoms with Crippen LogP contribution in [0.3, 0.4) is 0 Å². The Bertz CT molecular complexity index is 1200. The summed E-state index contributed by atoms with van der Waals surface area (Å²) in [7, 11) is 0. The van der Waals surface area contributed by atoms with Crippen LogP contribution in [0.5, 0.6) is 0 Å². The van der Waals surface area contributed by atoms with Crippen LogP contribution >= 0.6 is 0 Å². The van der Waals surface area contributed by atoms with Crippen molar-refractivity contribution in [2.24, 2.45) is 0 Å². The molecule has 0 aliphatic rings. The van der Waals surface area contributed by atoms with Gasteiger partial charge in [-0.1, -0.05) is 60.2 Å². The molecule has 0 spiro atoms. The molecule has 4 rings (SSSR count). The van der Waals surface area contributed by atoms with Gasteiger partial charge in [0, 0.05) is 6.20 Å². The Labute approximate surface area is 177 Å². The van der Waals surface area contributed by atoms with Crippen LogP contribution in [0, 0.1) is 20.8 Å². The first-order valence-electron chi connectivity index (χ1n) is 10.1. The minimum atomic E-state index is -0.193. The molecule has 0 saturated carbocycles. The third kappa shape index (κ3) is 4.38. The summed E-state index contributed by atoms with van der Waals surface area (Å²) in [5.74, 6) is -0.0243. The first-order valence-corrected chi connectivity index (χ1v) is 10.1. The molecule has 1 unspecified atom stereocenters. The normalized spacial score (nSPS) is 12.0. The quantitative estimate of drug-likeness (QED) is 0.517. The molecule has 1 atom stereocenters. The van der Waals surface area contributed by atoms with Crippen molar-refractivity contribution in [3.05, 3.63) is 106 Å². The number of hydrogen-bond acceptors (Lipinski definition) is 3. The van der Waals surface area contributed by atoms with Gasteiger partial charge in [-0.2, -0.15) is 0 Å². The highest BCUT2D eigenvalue weighted by Crippen LogP contribution is 2.26. The SMILES string of the molecule is Cc1ccc(C(NC(=O)Cc2ccc3ncc(C)nc3c2)c2ccccc2)c(C)c1. The van der Waals surface area contributed by atoms with Crippen molar-refractivity contribution >= 4 is 16.9 Å². The number of amides is 1. The minimum Gasteiger partial charge on any atom is -0.345 e. The highest BCUT2D eigenvalue weighted by Gasteiger charge is 2.19. The Kier molecular flexibility index (Phi) is 5.57. The van der Waals surface area contributed by atoms with Gasteiger partial charge < -0.3 is 5.32 Å². The zero-order valence-electron chi connectivity index (χ0n) is 17.5. The molecular weight excluding hydrogens is 370 g/mol. The average molecular weight is 396 g/mol. The first kappa shape index (κ1) is 19.8. The molecular formula is C26H25N3O. The van der Waals surface area contributed by atoms with Gasteiger partial charge in [0.15, 0.2) is 0 Å². The van der Waals surface area contributed by atoms with Crippen LogP contribution in [0.1, 0.15) is 39.6 Å². The highest BCUT2D eigenvalue weighted by molar-refractivity contribution is 5.82. The van der Waals surface area contributed by atoms with E-state index < -0.39 is 0 Å². The van der Waals surface area contributed by atoms with Gasteiger partial charge in [0.25, 0.3) is 0 Å². The van der Waals surface area contributed by atoms with Crippen molar-refractivity contribution in [2.45, 2.75) is 33.2 Å². The monoisotopic (exact) mass is 395 g/mol. The Hall–Kier alpha value is -3.53. The van der Waals surface area contributed by atoms with Crippen molar-refractivity contribution in [3.8, 4) is 0 Å². The summed E-state index contributed by atoms with van der Waals surface area (Å²) >= 11 is 0. The van der Waals surface area contributed by atoms with E-state index in [1.807, 2.05) is 43.3 Å². The Balaban J connectivity index is 1.60. The smallest absolute Gasteiger partial charge is 0.225 e. The standard InChI is InChI=1S/C26H25N3O/c1-17-9-11-22(18(2)13-17)26(21-7-5-4-6-8-21)29-25(30)15-20-10-12-23-24(14-20)28-19(3)16-27-23/h4-14,16,26H,15H2,1-3H3,(H,29,30). The Morgan fingerprint density at radius 1 is 0.933 bits per heavy atom. The first-order chi connectivity index (χ1) is 14.5.